The third kappa shape index (κ3) is 5.07. The number of amides is 1. The molecule has 0 unspecified atom stereocenters. The highest BCUT2D eigenvalue weighted by atomic mass is 16.5. The summed E-state index contributed by atoms with van der Waals surface area (Å²) in [4.78, 5) is 36.9. The summed E-state index contributed by atoms with van der Waals surface area (Å²) in [7, 11) is 0. The normalized spacial score (nSPS) is 10.1. The molecule has 0 saturated carbocycles. The number of H-pyrrole nitrogens is 1. The van der Waals surface area contributed by atoms with E-state index in [4.69, 9.17) is 10.00 Å². The van der Waals surface area contributed by atoms with Crippen molar-refractivity contribution < 1.29 is 9.53 Å². The SMILES string of the molecule is CCOc1cccc(CNC(=O)CCn2cc(C#N)c(=O)[nH]c2=O)c1. The van der Waals surface area contributed by atoms with Gasteiger partial charge in [-0.1, -0.05) is 12.1 Å². The Balaban J connectivity index is 1.91. The van der Waals surface area contributed by atoms with Crippen molar-refractivity contribution in [1.29, 1.82) is 5.26 Å². The minimum atomic E-state index is -0.734. The average molecular weight is 342 g/mol. The topological polar surface area (TPSA) is 117 Å². The van der Waals surface area contributed by atoms with Gasteiger partial charge in [-0.25, -0.2) is 4.79 Å². The largest absolute Gasteiger partial charge is 0.494 e. The number of hydrogen-bond acceptors (Lipinski definition) is 5. The van der Waals surface area contributed by atoms with Crippen LogP contribution in [0.15, 0.2) is 40.1 Å². The van der Waals surface area contributed by atoms with E-state index in [-0.39, 0.29) is 24.4 Å². The fraction of sp³-hybridized carbons (Fsp3) is 0.294. The molecule has 0 aliphatic rings. The maximum Gasteiger partial charge on any atom is 0.328 e. The van der Waals surface area contributed by atoms with Gasteiger partial charge in [0.05, 0.1) is 6.61 Å². The number of hydrogen-bond donors (Lipinski definition) is 2. The highest BCUT2D eigenvalue weighted by Gasteiger charge is 2.07. The average Bonchev–Trinajstić information content (AvgIpc) is 2.60. The third-order valence-electron chi connectivity index (χ3n) is 3.41. The fourth-order valence-electron chi connectivity index (χ4n) is 2.18. The number of aromatic amines is 1. The van der Waals surface area contributed by atoms with Gasteiger partial charge >= 0.3 is 5.69 Å². The van der Waals surface area contributed by atoms with E-state index >= 15 is 0 Å². The van der Waals surface area contributed by atoms with Gasteiger partial charge in [-0.3, -0.25) is 19.1 Å². The lowest BCUT2D eigenvalue weighted by Gasteiger charge is -2.09. The number of nitrogens with zero attached hydrogens (tertiary/aromatic N) is 2. The van der Waals surface area contributed by atoms with Crippen molar-refractivity contribution in [2.75, 3.05) is 6.61 Å². The van der Waals surface area contributed by atoms with Gasteiger partial charge in [0.2, 0.25) is 5.91 Å². The predicted octanol–water partition coefficient (Wildman–Crippen LogP) is 0.513. The number of ether oxygens (including phenoxy) is 1. The molecule has 0 aliphatic carbocycles. The van der Waals surface area contributed by atoms with Crippen LogP contribution in [-0.4, -0.2) is 22.1 Å². The number of carbonyl (C=O) groups is 1. The summed E-state index contributed by atoms with van der Waals surface area (Å²) < 4.78 is 6.53. The molecule has 1 aromatic heterocycles. The molecular weight excluding hydrogens is 324 g/mol. The van der Waals surface area contributed by atoms with Crippen molar-refractivity contribution in [3.8, 4) is 11.8 Å². The van der Waals surface area contributed by atoms with Gasteiger partial charge in [0.25, 0.3) is 5.56 Å². The first-order chi connectivity index (χ1) is 12.0. The first-order valence-electron chi connectivity index (χ1n) is 7.75. The van der Waals surface area contributed by atoms with Gasteiger partial charge in [0.15, 0.2) is 0 Å². The first kappa shape index (κ1) is 18.0. The van der Waals surface area contributed by atoms with Crippen LogP contribution in [0.3, 0.4) is 0 Å². The summed E-state index contributed by atoms with van der Waals surface area (Å²) in [5.41, 5.74) is -0.663. The Hall–Kier alpha value is -3.34. The van der Waals surface area contributed by atoms with E-state index in [2.05, 4.69) is 5.32 Å². The van der Waals surface area contributed by atoms with Gasteiger partial charge in [-0.2, -0.15) is 5.26 Å². The van der Waals surface area contributed by atoms with Crippen molar-refractivity contribution in [2.24, 2.45) is 0 Å². The van der Waals surface area contributed by atoms with Gasteiger partial charge in [0, 0.05) is 25.7 Å². The summed E-state index contributed by atoms with van der Waals surface area (Å²) in [6.45, 7) is 2.86. The summed E-state index contributed by atoms with van der Waals surface area (Å²) in [6.07, 6.45) is 1.20. The molecule has 0 atom stereocenters. The lowest BCUT2D eigenvalue weighted by Crippen LogP contribution is -2.32. The monoisotopic (exact) mass is 342 g/mol. The van der Waals surface area contributed by atoms with Crippen LogP contribution in [0.1, 0.15) is 24.5 Å². The van der Waals surface area contributed by atoms with Crippen molar-refractivity contribution in [3.05, 3.63) is 62.4 Å². The Morgan fingerprint density at radius 2 is 2.20 bits per heavy atom. The second kappa shape index (κ2) is 8.49. The molecule has 1 heterocycles. The molecule has 0 fully saturated rings. The third-order valence-corrected chi connectivity index (χ3v) is 3.41. The Morgan fingerprint density at radius 1 is 1.40 bits per heavy atom. The zero-order valence-corrected chi connectivity index (χ0v) is 13.7. The standard InChI is InChI=1S/C17H18N4O4/c1-2-25-14-5-3-4-12(8-14)10-19-15(22)6-7-21-11-13(9-18)16(23)20-17(21)24/h3-5,8,11H,2,6-7,10H2,1H3,(H,19,22)(H,20,23,24). The van der Waals surface area contributed by atoms with E-state index in [9.17, 15) is 14.4 Å². The molecule has 25 heavy (non-hydrogen) atoms. The molecule has 130 valence electrons. The van der Waals surface area contributed by atoms with Gasteiger partial charge in [-0.05, 0) is 24.6 Å². The van der Waals surface area contributed by atoms with Crippen LogP contribution in [0.5, 0.6) is 5.75 Å². The van der Waals surface area contributed by atoms with Gasteiger partial charge in [-0.15, -0.1) is 0 Å². The molecule has 8 heteroatoms. The molecule has 0 spiro atoms. The van der Waals surface area contributed by atoms with E-state index in [1.165, 1.54) is 0 Å². The molecule has 0 bridgehead atoms. The van der Waals surface area contributed by atoms with Crippen molar-refractivity contribution in [3.63, 3.8) is 0 Å². The zero-order chi connectivity index (χ0) is 18.2. The maximum atomic E-state index is 11.9. The van der Waals surface area contributed by atoms with Gasteiger partial charge < -0.3 is 10.1 Å². The lowest BCUT2D eigenvalue weighted by molar-refractivity contribution is -0.121. The summed E-state index contributed by atoms with van der Waals surface area (Å²) in [5.74, 6) is 0.483. The fourth-order valence-corrected chi connectivity index (χ4v) is 2.18. The van der Waals surface area contributed by atoms with Crippen LogP contribution in [0.25, 0.3) is 0 Å². The van der Waals surface area contributed by atoms with Crippen LogP contribution >= 0.6 is 0 Å². The number of rotatable bonds is 7. The first-order valence-corrected chi connectivity index (χ1v) is 7.75. The van der Waals surface area contributed by atoms with Crippen LogP contribution in [0.4, 0.5) is 0 Å². The summed E-state index contributed by atoms with van der Waals surface area (Å²) in [5, 5.41) is 11.6. The summed E-state index contributed by atoms with van der Waals surface area (Å²) in [6, 6.07) is 9.09. The molecule has 2 aromatic rings. The maximum absolute atomic E-state index is 11.9. The Morgan fingerprint density at radius 3 is 2.92 bits per heavy atom. The van der Waals surface area contributed by atoms with Crippen molar-refractivity contribution in [2.45, 2.75) is 26.4 Å². The summed E-state index contributed by atoms with van der Waals surface area (Å²) >= 11 is 0. The number of benzene rings is 1. The second-order valence-corrected chi connectivity index (χ2v) is 5.21. The molecule has 1 amide bonds. The Kier molecular flexibility index (Phi) is 6.12. The Bertz CT molecular complexity index is 908. The lowest BCUT2D eigenvalue weighted by atomic mass is 10.2. The molecular formula is C17H18N4O4. The quantitative estimate of drug-likeness (QED) is 0.760. The molecule has 1 aromatic carbocycles. The van der Waals surface area contributed by atoms with Crippen LogP contribution in [0, 0.1) is 11.3 Å². The second-order valence-electron chi connectivity index (χ2n) is 5.21. The van der Waals surface area contributed by atoms with E-state index in [0.29, 0.717) is 13.2 Å². The smallest absolute Gasteiger partial charge is 0.328 e. The zero-order valence-electron chi connectivity index (χ0n) is 13.7. The number of aromatic nitrogens is 2. The van der Waals surface area contributed by atoms with E-state index in [1.807, 2.05) is 36.2 Å². The van der Waals surface area contributed by atoms with Crippen LogP contribution < -0.4 is 21.3 Å². The number of nitrogens with one attached hydrogen (secondary N) is 2. The molecule has 0 saturated heterocycles. The van der Waals surface area contributed by atoms with Gasteiger partial charge in [0.1, 0.15) is 17.4 Å². The highest BCUT2D eigenvalue weighted by Crippen LogP contribution is 2.12. The van der Waals surface area contributed by atoms with Crippen LogP contribution in [0.2, 0.25) is 0 Å². The highest BCUT2D eigenvalue weighted by molar-refractivity contribution is 5.75. The molecule has 2 N–H and O–H groups in total. The van der Waals surface area contributed by atoms with E-state index in [1.54, 1.807) is 6.07 Å². The predicted molar refractivity (Wildman–Crippen MR) is 90.1 cm³/mol. The van der Waals surface area contributed by atoms with E-state index < -0.39 is 11.2 Å². The molecule has 2 rings (SSSR count). The molecule has 8 nitrogen and oxygen atoms in total. The number of nitriles is 1. The number of carbonyl (C=O) groups excluding carboxylic acids is 1. The Labute approximate surface area is 143 Å². The minimum absolute atomic E-state index is 0.0436. The van der Waals surface area contributed by atoms with E-state index in [0.717, 1.165) is 22.1 Å². The molecule has 0 radical (unpaired) electrons. The minimum Gasteiger partial charge on any atom is -0.494 e. The van der Waals surface area contributed by atoms with Crippen LogP contribution in [-0.2, 0) is 17.9 Å². The van der Waals surface area contributed by atoms with Crippen molar-refractivity contribution >= 4 is 5.91 Å². The number of aryl methyl sites for hydroxylation is 1. The van der Waals surface area contributed by atoms with Crippen molar-refractivity contribution in [1.82, 2.24) is 14.9 Å². The molecule has 0 aliphatic heterocycles.